The molecule has 1 aliphatic carbocycles. The number of pyridine rings is 1. The minimum absolute atomic E-state index is 0.0971. The third-order valence-corrected chi connectivity index (χ3v) is 4.12. The lowest BCUT2D eigenvalue weighted by atomic mass is 9.75. The molecular formula is C16H18N4O3. The van der Waals surface area contributed by atoms with Crippen LogP contribution in [-0.2, 0) is 11.8 Å². The molecule has 0 saturated heterocycles. The van der Waals surface area contributed by atoms with E-state index in [0.717, 1.165) is 5.56 Å². The highest BCUT2D eigenvalue weighted by atomic mass is 16.3. The summed E-state index contributed by atoms with van der Waals surface area (Å²) in [4.78, 5) is 28.3. The first-order valence-corrected chi connectivity index (χ1v) is 7.46. The zero-order valence-corrected chi connectivity index (χ0v) is 12.7. The molecule has 1 atom stereocenters. The van der Waals surface area contributed by atoms with Crippen LogP contribution in [-0.4, -0.2) is 37.7 Å². The number of aromatic nitrogens is 3. The van der Waals surface area contributed by atoms with Crippen molar-refractivity contribution in [1.29, 1.82) is 0 Å². The number of aliphatic hydroxyl groups is 1. The van der Waals surface area contributed by atoms with Crippen LogP contribution in [0.1, 0.15) is 34.8 Å². The van der Waals surface area contributed by atoms with E-state index in [1.807, 2.05) is 6.20 Å². The van der Waals surface area contributed by atoms with Crippen molar-refractivity contribution in [3.05, 3.63) is 48.0 Å². The predicted molar refractivity (Wildman–Crippen MR) is 81.4 cm³/mol. The van der Waals surface area contributed by atoms with Gasteiger partial charge in [-0.2, -0.15) is 5.10 Å². The minimum Gasteiger partial charge on any atom is -0.393 e. The van der Waals surface area contributed by atoms with Crippen LogP contribution in [0.25, 0.3) is 0 Å². The fourth-order valence-electron chi connectivity index (χ4n) is 2.81. The number of amides is 1. The van der Waals surface area contributed by atoms with Crippen molar-refractivity contribution in [1.82, 2.24) is 20.1 Å². The van der Waals surface area contributed by atoms with Crippen molar-refractivity contribution in [2.75, 3.05) is 0 Å². The van der Waals surface area contributed by atoms with Gasteiger partial charge in [0.1, 0.15) is 0 Å². The summed E-state index contributed by atoms with van der Waals surface area (Å²) in [7, 11) is 1.79. The SMILES string of the molecule is Cn1cc([C@@H](NC(=O)C(=O)c2cccnc2)C2CC(O)C2)cn1. The molecule has 2 N–H and O–H groups in total. The summed E-state index contributed by atoms with van der Waals surface area (Å²) >= 11 is 0. The summed E-state index contributed by atoms with van der Waals surface area (Å²) in [5, 5.41) is 16.4. The van der Waals surface area contributed by atoms with Crippen molar-refractivity contribution in [3.8, 4) is 0 Å². The highest BCUT2D eigenvalue weighted by molar-refractivity contribution is 6.42. The molecule has 120 valence electrons. The summed E-state index contributed by atoms with van der Waals surface area (Å²) in [6.45, 7) is 0. The van der Waals surface area contributed by atoms with Crippen LogP contribution < -0.4 is 5.32 Å². The number of carbonyl (C=O) groups excluding carboxylic acids is 2. The van der Waals surface area contributed by atoms with Gasteiger partial charge in [0.25, 0.3) is 11.7 Å². The summed E-state index contributed by atoms with van der Waals surface area (Å²) in [5.74, 6) is -1.19. The van der Waals surface area contributed by atoms with Crippen LogP contribution in [0.4, 0.5) is 0 Å². The Morgan fingerprint density at radius 3 is 2.74 bits per heavy atom. The quantitative estimate of drug-likeness (QED) is 0.623. The molecule has 0 radical (unpaired) electrons. The Hall–Kier alpha value is -2.54. The zero-order valence-electron chi connectivity index (χ0n) is 12.7. The number of aliphatic hydroxyl groups excluding tert-OH is 1. The van der Waals surface area contributed by atoms with E-state index in [4.69, 9.17) is 0 Å². The maximum absolute atomic E-state index is 12.3. The largest absolute Gasteiger partial charge is 0.393 e. The number of Topliss-reactive ketones (excluding diaryl/α,β-unsaturated/α-hetero) is 1. The van der Waals surface area contributed by atoms with Gasteiger partial charge in [-0.1, -0.05) is 0 Å². The van der Waals surface area contributed by atoms with Crippen molar-refractivity contribution in [2.45, 2.75) is 25.0 Å². The lowest BCUT2D eigenvalue weighted by Crippen LogP contribution is -2.43. The second-order valence-corrected chi connectivity index (χ2v) is 5.85. The Bertz CT molecular complexity index is 707. The summed E-state index contributed by atoms with van der Waals surface area (Å²) < 4.78 is 1.65. The molecule has 2 heterocycles. The third-order valence-electron chi connectivity index (χ3n) is 4.12. The van der Waals surface area contributed by atoms with E-state index < -0.39 is 11.7 Å². The smallest absolute Gasteiger partial charge is 0.292 e. The minimum atomic E-state index is -0.673. The molecule has 23 heavy (non-hydrogen) atoms. The molecular weight excluding hydrogens is 296 g/mol. The average molecular weight is 314 g/mol. The molecule has 1 fully saturated rings. The second-order valence-electron chi connectivity index (χ2n) is 5.85. The molecule has 7 heteroatoms. The van der Waals surface area contributed by atoms with Crippen LogP contribution in [0, 0.1) is 5.92 Å². The molecule has 1 amide bonds. The maximum Gasteiger partial charge on any atom is 0.292 e. The molecule has 0 bridgehead atoms. The number of aryl methyl sites for hydroxylation is 1. The van der Waals surface area contributed by atoms with E-state index >= 15 is 0 Å². The number of rotatable bonds is 5. The fourth-order valence-corrected chi connectivity index (χ4v) is 2.81. The van der Waals surface area contributed by atoms with Crippen LogP contribution in [0.3, 0.4) is 0 Å². The summed E-state index contributed by atoms with van der Waals surface area (Å²) in [6, 6.07) is 2.84. The Labute approximate surface area is 133 Å². The lowest BCUT2D eigenvalue weighted by molar-refractivity contribution is -0.118. The number of nitrogens with one attached hydrogen (secondary N) is 1. The normalized spacial score (nSPS) is 21.3. The Morgan fingerprint density at radius 2 is 2.17 bits per heavy atom. The van der Waals surface area contributed by atoms with Gasteiger partial charge < -0.3 is 10.4 Å². The zero-order chi connectivity index (χ0) is 16.4. The van der Waals surface area contributed by atoms with E-state index in [9.17, 15) is 14.7 Å². The van der Waals surface area contributed by atoms with Crippen LogP contribution >= 0.6 is 0 Å². The maximum atomic E-state index is 12.3. The molecule has 0 aliphatic heterocycles. The Kier molecular flexibility index (Phi) is 4.20. The molecule has 0 spiro atoms. The van der Waals surface area contributed by atoms with E-state index in [0.29, 0.717) is 12.8 Å². The number of carbonyl (C=O) groups is 2. The first-order valence-electron chi connectivity index (χ1n) is 7.46. The number of ketones is 1. The van der Waals surface area contributed by atoms with E-state index in [2.05, 4.69) is 15.4 Å². The standard InChI is InChI=1S/C16H18N4O3/c1-20-9-12(8-18-20)14(11-5-13(21)6-11)19-16(23)15(22)10-3-2-4-17-7-10/h2-4,7-9,11,13-14,21H,5-6H2,1H3,(H,19,23)/t11?,13?,14-/m0/s1. The van der Waals surface area contributed by atoms with Crippen LogP contribution in [0.2, 0.25) is 0 Å². The summed E-state index contributed by atoms with van der Waals surface area (Å²) in [5.41, 5.74) is 1.08. The Morgan fingerprint density at radius 1 is 1.39 bits per heavy atom. The van der Waals surface area contributed by atoms with Gasteiger partial charge >= 0.3 is 0 Å². The highest BCUT2D eigenvalue weighted by Gasteiger charge is 2.37. The first-order chi connectivity index (χ1) is 11.0. The predicted octanol–water partition coefficient (Wildman–Crippen LogP) is 0.626. The molecule has 7 nitrogen and oxygen atoms in total. The Balaban J connectivity index is 1.76. The van der Waals surface area contributed by atoms with Gasteiger partial charge in [0.15, 0.2) is 0 Å². The molecule has 3 rings (SSSR count). The molecule has 2 aromatic heterocycles. The highest BCUT2D eigenvalue weighted by Crippen LogP contribution is 2.37. The fraction of sp³-hybridized carbons (Fsp3) is 0.375. The van der Waals surface area contributed by atoms with Crippen molar-refractivity contribution >= 4 is 11.7 Å². The van der Waals surface area contributed by atoms with E-state index in [1.165, 1.54) is 6.20 Å². The third kappa shape index (κ3) is 3.29. The molecule has 2 aromatic rings. The van der Waals surface area contributed by atoms with Gasteiger partial charge in [0.2, 0.25) is 0 Å². The van der Waals surface area contributed by atoms with Gasteiger partial charge in [0.05, 0.1) is 18.3 Å². The van der Waals surface area contributed by atoms with Gasteiger partial charge in [-0.05, 0) is 30.9 Å². The average Bonchev–Trinajstić information content (AvgIpc) is 2.96. The van der Waals surface area contributed by atoms with Gasteiger partial charge in [-0.25, -0.2) is 0 Å². The second kappa shape index (κ2) is 6.29. The van der Waals surface area contributed by atoms with E-state index in [1.54, 1.807) is 36.3 Å². The monoisotopic (exact) mass is 314 g/mol. The van der Waals surface area contributed by atoms with Crippen molar-refractivity contribution in [3.63, 3.8) is 0 Å². The van der Waals surface area contributed by atoms with Crippen LogP contribution in [0.15, 0.2) is 36.9 Å². The first kappa shape index (κ1) is 15.4. The number of hydrogen-bond donors (Lipinski definition) is 2. The molecule has 1 saturated carbocycles. The van der Waals surface area contributed by atoms with Gasteiger partial charge in [0, 0.05) is 36.8 Å². The van der Waals surface area contributed by atoms with Gasteiger partial charge in [-0.3, -0.25) is 19.3 Å². The van der Waals surface area contributed by atoms with Crippen molar-refractivity contribution < 1.29 is 14.7 Å². The summed E-state index contributed by atoms with van der Waals surface area (Å²) in [6.07, 6.45) is 7.25. The number of nitrogens with zero attached hydrogens (tertiary/aromatic N) is 3. The lowest BCUT2D eigenvalue weighted by Gasteiger charge is -2.37. The number of hydrogen-bond acceptors (Lipinski definition) is 5. The molecule has 0 unspecified atom stereocenters. The topological polar surface area (TPSA) is 97.1 Å². The van der Waals surface area contributed by atoms with Crippen molar-refractivity contribution in [2.24, 2.45) is 13.0 Å². The molecule has 1 aliphatic rings. The molecule has 0 aromatic carbocycles. The van der Waals surface area contributed by atoms with Crippen LogP contribution in [0.5, 0.6) is 0 Å². The van der Waals surface area contributed by atoms with E-state index in [-0.39, 0.29) is 23.6 Å². The van der Waals surface area contributed by atoms with Gasteiger partial charge in [-0.15, -0.1) is 0 Å².